The fraction of sp³-hybridized carbons (Fsp3) is 0.474. The third kappa shape index (κ3) is 6.85. The van der Waals surface area contributed by atoms with Crippen molar-refractivity contribution in [2.24, 2.45) is 11.8 Å². The molecule has 3 fully saturated rings. The Bertz CT molecular complexity index is 1570. The van der Waals surface area contributed by atoms with Gasteiger partial charge < -0.3 is 34.4 Å². The summed E-state index contributed by atoms with van der Waals surface area (Å²) in [6.45, 7) is 10.9. The number of likely N-dealkylation sites (tertiary alicyclic amines) is 1. The number of aliphatic hydroxyl groups excluding tert-OH is 1. The van der Waals surface area contributed by atoms with Crippen molar-refractivity contribution in [3.8, 4) is 5.75 Å². The van der Waals surface area contributed by atoms with Crippen LogP contribution in [0.25, 0.3) is 0 Å². The van der Waals surface area contributed by atoms with Crippen molar-refractivity contribution in [3.63, 3.8) is 0 Å². The summed E-state index contributed by atoms with van der Waals surface area (Å²) in [4.78, 5) is 59.2. The number of benzene rings is 2. The van der Waals surface area contributed by atoms with E-state index in [2.05, 4.69) is 34.4 Å². The maximum absolute atomic E-state index is 14.8. The van der Waals surface area contributed by atoms with Crippen molar-refractivity contribution >= 4 is 45.3 Å². The Morgan fingerprint density at radius 3 is 2.46 bits per heavy atom. The molecule has 0 radical (unpaired) electrons. The largest absolute Gasteiger partial charge is 0.497 e. The summed E-state index contributed by atoms with van der Waals surface area (Å²) in [6.07, 6.45) is 3.02. The van der Waals surface area contributed by atoms with Gasteiger partial charge in [-0.05, 0) is 56.0 Å². The molecule has 268 valence electrons. The number of carbonyl (C=O) groups excluding carboxylic acids is 4. The Balaban J connectivity index is 1.52. The van der Waals surface area contributed by atoms with Gasteiger partial charge in [-0.1, -0.05) is 65.3 Å². The van der Waals surface area contributed by atoms with E-state index in [0.717, 1.165) is 0 Å². The molecule has 11 nitrogen and oxygen atoms in total. The first kappa shape index (κ1) is 37.3. The Morgan fingerprint density at radius 2 is 1.86 bits per heavy atom. The van der Waals surface area contributed by atoms with Crippen molar-refractivity contribution in [1.82, 2.24) is 10.2 Å². The van der Waals surface area contributed by atoms with E-state index >= 15 is 0 Å². The number of anilines is 1. The zero-order chi connectivity index (χ0) is 36.2. The van der Waals surface area contributed by atoms with Gasteiger partial charge in [0.2, 0.25) is 11.8 Å². The molecule has 3 saturated heterocycles. The minimum atomic E-state index is -1.38. The molecule has 9 atom stereocenters. The van der Waals surface area contributed by atoms with E-state index in [0.29, 0.717) is 29.8 Å². The van der Waals surface area contributed by atoms with E-state index < -0.39 is 65.6 Å². The van der Waals surface area contributed by atoms with E-state index in [1.807, 2.05) is 37.3 Å². The van der Waals surface area contributed by atoms with E-state index in [9.17, 15) is 24.3 Å². The van der Waals surface area contributed by atoms with Crippen LogP contribution in [0, 0.1) is 11.8 Å². The van der Waals surface area contributed by atoms with Crippen molar-refractivity contribution < 1.29 is 38.5 Å². The summed E-state index contributed by atoms with van der Waals surface area (Å²) in [6, 6.07) is 13.6. The Hall–Kier alpha value is -4.00. The molecule has 1 unspecified atom stereocenters. The molecular formula is C38H46BrN3O8. The monoisotopic (exact) mass is 751 g/mol. The van der Waals surface area contributed by atoms with Gasteiger partial charge in [0.1, 0.15) is 23.5 Å². The quantitative estimate of drug-likeness (QED) is 0.146. The zero-order valence-corrected chi connectivity index (χ0v) is 30.3. The number of alkyl halides is 1. The van der Waals surface area contributed by atoms with Gasteiger partial charge in [-0.25, -0.2) is 0 Å². The number of ether oxygens (including phenoxy) is 3. The predicted molar refractivity (Wildman–Crippen MR) is 192 cm³/mol. The summed E-state index contributed by atoms with van der Waals surface area (Å²) < 4.78 is 18.3. The number of nitrogens with zero attached hydrogens (tertiary/aromatic N) is 2. The van der Waals surface area contributed by atoms with E-state index in [-0.39, 0.29) is 36.7 Å². The Morgan fingerprint density at radius 1 is 1.16 bits per heavy atom. The molecule has 3 amide bonds. The van der Waals surface area contributed by atoms with Crippen LogP contribution in [0.4, 0.5) is 5.69 Å². The van der Waals surface area contributed by atoms with E-state index in [4.69, 9.17) is 14.2 Å². The lowest BCUT2D eigenvalue weighted by molar-refractivity contribution is -0.162. The highest BCUT2D eigenvalue weighted by atomic mass is 79.9. The van der Waals surface area contributed by atoms with Crippen molar-refractivity contribution in [2.75, 3.05) is 25.2 Å². The molecule has 0 aromatic heterocycles. The lowest BCUT2D eigenvalue weighted by Crippen LogP contribution is -2.59. The first-order chi connectivity index (χ1) is 24.1. The number of fused-ring (bicyclic) bond motifs is 1. The number of methoxy groups -OCH3 is 1. The average Bonchev–Trinajstić information content (AvgIpc) is 3.72. The molecule has 2 bridgehead atoms. The van der Waals surface area contributed by atoms with E-state index in [1.165, 1.54) is 9.80 Å². The SMILES string of the molecule is C=CCCC(=O)N[C@@H](C)[C@H](OC(=O)[C@@H]1[C@H]2O[C@@]3(CC2Br)[C@H](C(=O)N(CC=C)c2ccc(OC)cc2)N([C@@H](CC)CO)C(=O)[C@@H]13)c1ccccc1. The topological polar surface area (TPSA) is 135 Å². The maximum Gasteiger partial charge on any atom is 0.313 e. The molecule has 50 heavy (non-hydrogen) atoms. The molecular weight excluding hydrogens is 706 g/mol. The lowest BCUT2D eigenvalue weighted by atomic mass is 9.70. The molecule has 1 spiro atoms. The summed E-state index contributed by atoms with van der Waals surface area (Å²) >= 11 is 3.72. The second-order valence-electron chi connectivity index (χ2n) is 13.0. The fourth-order valence-corrected chi connectivity index (χ4v) is 8.67. The third-order valence-electron chi connectivity index (χ3n) is 10.1. The van der Waals surface area contributed by atoms with Crippen LogP contribution in [0.15, 0.2) is 79.9 Å². The highest BCUT2D eigenvalue weighted by Crippen LogP contribution is 2.61. The number of nitrogens with one attached hydrogen (secondary N) is 1. The third-order valence-corrected chi connectivity index (χ3v) is 10.9. The van der Waals surface area contributed by atoms with Gasteiger partial charge in [-0.2, -0.15) is 0 Å². The number of hydrogen-bond donors (Lipinski definition) is 2. The highest BCUT2D eigenvalue weighted by molar-refractivity contribution is 9.09. The normalized spacial score (nSPS) is 26.8. The zero-order valence-electron chi connectivity index (χ0n) is 28.7. The van der Waals surface area contributed by atoms with Gasteiger partial charge in [0.05, 0.1) is 43.7 Å². The van der Waals surface area contributed by atoms with Crippen LogP contribution in [0.3, 0.4) is 0 Å². The second-order valence-corrected chi connectivity index (χ2v) is 14.2. The molecule has 2 aromatic carbocycles. The molecule has 0 saturated carbocycles. The number of rotatable bonds is 16. The number of aliphatic hydroxyl groups is 1. The van der Waals surface area contributed by atoms with E-state index in [1.54, 1.807) is 50.5 Å². The number of allylic oxidation sites excluding steroid dienone is 1. The van der Waals surface area contributed by atoms with Gasteiger partial charge in [-0.3, -0.25) is 19.2 Å². The molecule has 0 aliphatic carbocycles. The number of halogens is 1. The molecule has 2 aromatic rings. The molecule has 3 heterocycles. The van der Waals surface area contributed by atoms with Crippen LogP contribution in [0.5, 0.6) is 5.75 Å². The van der Waals surface area contributed by atoms with Crippen LogP contribution in [0.2, 0.25) is 0 Å². The number of carbonyl (C=O) groups is 4. The molecule has 5 rings (SSSR count). The van der Waals surface area contributed by atoms with Crippen LogP contribution in [-0.2, 0) is 28.7 Å². The number of amides is 3. The van der Waals surface area contributed by atoms with Crippen molar-refractivity contribution in [2.45, 2.75) is 80.3 Å². The number of esters is 1. The lowest BCUT2D eigenvalue weighted by Gasteiger charge is -2.39. The molecule has 3 aliphatic rings. The van der Waals surface area contributed by atoms with Crippen LogP contribution < -0.4 is 15.0 Å². The Labute approximate surface area is 301 Å². The molecule has 2 N–H and O–H groups in total. The molecule has 3 aliphatic heterocycles. The van der Waals surface area contributed by atoms with Gasteiger partial charge in [0.25, 0.3) is 5.91 Å². The average molecular weight is 753 g/mol. The predicted octanol–water partition coefficient (Wildman–Crippen LogP) is 4.49. The van der Waals surface area contributed by atoms with Crippen molar-refractivity contribution in [1.29, 1.82) is 0 Å². The molecule has 12 heteroatoms. The summed E-state index contributed by atoms with van der Waals surface area (Å²) in [7, 11) is 1.55. The minimum Gasteiger partial charge on any atom is -0.497 e. The summed E-state index contributed by atoms with van der Waals surface area (Å²) in [5.41, 5.74) is -0.142. The summed E-state index contributed by atoms with van der Waals surface area (Å²) in [5.74, 6) is -3.21. The van der Waals surface area contributed by atoms with Crippen LogP contribution in [-0.4, -0.2) is 88.6 Å². The first-order valence-electron chi connectivity index (χ1n) is 17.0. The van der Waals surface area contributed by atoms with Gasteiger partial charge >= 0.3 is 5.97 Å². The standard InChI is InChI=1S/C38H46BrN3O8/c1-6-9-15-29(44)40-23(4)32(24-13-11-10-12-14-24)49-37(47)30-31-35(45)42(25(8-3)22-43)34(38(31)21-28(39)33(30)50-38)36(46)41(20-7-2)26-16-18-27(48-5)19-17-26/h6-7,10-14,16-19,23,25,28,30-34,43H,1-2,8-9,15,20-22H2,3-5H3,(H,40,44)/t23-,25-,28?,30-,31+,32-,33-,34-,38+/m0/s1. The van der Waals surface area contributed by atoms with Gasteiger partial charge in [0, 0.05) is 23.5 Å². The van der Waals surface area contributed by atoms with Crippen LogP contribution in [0.1, 0.15) is 51.2 Å². The van der Waals surface area contributed by atoms with Crippen LogP contribution >= 0.6 is 15.9 Å². The highest BCUT2D eigenvalue weighted by Gasteiger charge is 2.77. The maximum atomic E-state index is 14.8. The summed E-state index contributed by atoms with van der Waals surface area (Å²) in [5, 5.41) is 13.4. The fourth-order valence-electron chi connectivity index (χ4n) is 7.72. The smallest absolute Gasteiger partial charge is 0.313 e. The van der Waals surface area contributed by atoms with Gasteiger partial charge in [-0.15, -0.1) is 13.2 Å². The second kappa shape index (κ2) is 15.9. The van der Waals surface area contributed by atoms with Crippen molar-refractivity contribution in [3.05, 3.63) is 85.5 Å². The van der Waals surface area contributed by atoms with Gasteiger partial charge in [0.15, 0.2) is 0 Å². The number of hydrogen-bond acceptors (Lipinski definition) is 8. The first-order valence-corrected chi connectivity index (χ1v) is 17.9. The Kier molecular flexibility index (Phi) is 11.9. The minimum absolute atomic E-state index is 0.141.